The maximum atomic E-state index is 13.5. The Morgan fingerprint density at radius 2 is 1.91 bits per heavy atom. The van der Waals surface area contributed by atoms with Crippen LogP contribution in [-0.2, 0) is 9.57 Å². The molecule has 0 unspecified atom stereocenters. The quantitative estimate of drug-likeness (QED) is 0.527. The number of ether oxygens (including phenoxy) is 1. The fourth-order valence-corrected chi connectivity index (χ4v) is 3.69. The summed E-state index contributed by atoms with van der Waals surface area (Å²) in [5.41, 5.74) is 1.03. The molecule has 1 amide bonds. The van der Waals surface area contributed by atoms with Gasteiger partial charge in [0, 0.05) is 24.2 Å². The summed E-state index contributed by atoms with van der Waals surface area (Å²) in [6.07, 6.45) is 2.72. The topological polar surface area (TPSA) is 116 Å². The number of esters is 1. The zero-order valence-corrected chi connectivity index (χ0v) is 19.1. The highest BCUT2D eigenvalue weighted by Crippen LogP contribution is 2.23. The number of nitrogens with zero attached hydrogens (tertiary/aromatic N) is 7. The number of halogens is 1. The molecule has 33 heavy (non-hydrogen) atoms. The Morgan fingerprint density at radius 1 is 1.15 bits per heavy atom. The molecule has 1 aromatic carbocycles. The van der Waals surface area contributed by atoms with Crippen LogP contribution in [0, 0.1) is 6.92 Å². The monoisotopic (exact) mass is 471 g/mol. The van der Waals surface area contributed by atoms with E-state index in [1.165, 1.54) is 30.4 Å². The Morgan fingerprint density at radius 3 is 2.64 bits per heavy atom. The van der Waals surface area contributed by atoms with Crippen molar-refractivity contribution in [2.75, 3.05) is 31.8 Å². The van der Waals surface area contributed by atoms with E-state index in [4.69, 9.17) is 21.2 Å². The first kappa shape index (κ1) is 22.6. The molecule has 2 aromatic heterocycles. The first-order valence-corrected chi connectivity index (χ1v) is 10.6. The van der Waals surface area contributed by atoms with E-state index in [0.29, 0.717) is 47.6 Å². The number of methoxy groups -OCH3 is 1. The Labute approximate surface area is 194 Å². The van der Waals surface area contributed by atoms with Gasteiger partial charge < -0.3 is 9.64 Å². The molecule has 1 aliphatic heterocycles. The van der Waals surface area contributed by atoms with E-state index >= 15 is 0 Å². The summed E-state index contributed by atoms with van der Waals surface area (Å²) in [4.78, 5) is 43.0. The van der Waals surface area contributed by atoms with Gasteiger partial charge in [0.2, 0.25) is 0 Å². The van der Waals surface area contributed by atoms with Crippen molar-refractivity contribution < 1.29 is 19.2 Å². The van der Waals surface area contributed by atoms with Crippen molar-refractivity contribution in [2.45, 2.75) is 20.0 Å². The van der Waals surface area contributed by atoms with Gasteiger partial charge in [0.1, 0.15) is 11.9 Å². The van der Waals surface area contributed by atoms with Crippen molar-refractivity contribution in [1.82, 2.24) is 29.9 Å². The van der Waals surface area contributed by atoms with Crippen molar-refractivity contribution in [3.63, 3.8) is 0 Å². The lowest BCUT2D eigenvalue weighted by atomic mass is 10.1. The molecule has 0 bridgehead atoms. The van der Waals surface area contributed by atoms with Crippen molar-refractivity contribution in [1.29, 1.82) is 0 Å². The lowest BCUT2D eigenvalue weighted by Gasteiger charge is -2.23. The van der Waals surface area contributed by atoms with E-state index in [2.05, 4.69) is 20.2 Å². The Hall–Kier alpha value is -3.57. The van der Waals surface area contributed by atoms with Gasteiger partial charge >= 0.3 is 5.97 Å². The van der Waals surface area contributed by atoms with E-state index in [0.717, 1.165) is 0 Å². The number of hydrogen-bond acceptors (Lipinski definition) is 9. The zero-order valence-electron chi connectivity index (χ0n) is 18.3. The maximum absolute atomic E-state index is 13.5. The highest BCUT2D eigenvalue weighted by atomic mass is 35.5. The van der Waals surface area contributed by atoms with Gasteiger partial charge in [0.25, 0.3) is 5.91 Å². The van der Waals surface area contributed by atoms with Gasteiger partial charge in [-0.05, 0) is 32.0 Å². The van der Waals surface area contributed by atoms with Crippen LogP contribution >= 0.6 is 11.6 Å². The molecule has 1 atom stereocenters. The third-order valence-corrected chi connectivity index (χ3v) is 5.18. The van der Waals surface area contributed by atoms with E-state index in [1.54, 1.807) is 35.1 Å². The molecule has 0 spiro atoms. The molecule has 0 saturated carbocycles. The SMILES string of the molecule is COC(=O)c1cc(N2CCN(C(=O)c3cc(Cl)ccc3-n3nccn3)C[C@H](C)O2)nc(C)n1. The summed E-state index contributed by atoms with van der Waals surface area (Å²) in [6.45, 7) is 4.53. The number of aromatic nitrogens is 5. The van der Waals surface area contributed by atoms with E-state index < -0.39 is 5.97 Å². The Balaban J connectivity index is 1.59. The highest BCUT2D eigenvalue weighted by molar-refractivity contribution is 6.31. The number of anilines is 1. The second kappa shape index (κ2) is 9.51. The molecule has 0 radical (unpaired) electrons. The number of carbonyl (C=O) groups is 2. The van der Waals surface area contributed by atoms with Crippen molar-refractivity contribution in [3.05, 3.63) is 58.8 Å². The third-order valence-electron chi connectivity index (χ3n) is 4.94. The van der Waals surface area contributed by atoms with Gasteiger partial charge in [0.05, 0.1) is 37.3 Å². The summed E-state index contributed by atoms with van der Waals surface area (Å²) >= 11 is 6.19. The van der Waals surface area contributed by atoms with Crippen LogP contribution in [0.4, 0.5) is 5.82 Å². The number of aryl methyl sites for hydroxylation is 1. The minimum atomic E-state index is -0.567. The van der Waals surface area contributed by atoms with Crippen LogP contribution in [0.25, 0.3) is 5.69 Å². The molecule has 1 fully saturated rings. The molecular formula is C21H22ClN7O4. The fraction of sp³-hybridized carbons (Fsp3) is 0.333. The molecule has 0 N–H and O–H groups in total. The minimum absolute atomic E-state index is 0.128. The summed E-state index contributed by atoms with van der Waals surface area (Å²) in [5, 5.41) is 10.3. The number of hydrogen-bond donors (Lipinski definition) is 0. The average Bonchev–Trinajstić information content (AvgIpc) is 3.26. The van der Waals surface area contributed by atoms with E-state index in [9.17, 15) is 9.59 Å². The molecule has 11 nitrogen and oxygen atoms in total. The van der Waals surface area contributed by atoms with Crippen molar-refractivity contribution in [3.8, 4) is 5.69 Å². The summed E-state index contributed by atoms with van der Waals surface area (Å²) in [5.74, 6) is 0.0169. The van der Waals surface area contributed by atoms with Crippen molar-refractivity contribution in [2.24, 2.45) is 0 Å². The zero-order chi connectivity index (χ0) is 23.5. The van der Waals surface area contributed by atoms with Crippen LogP contribution in [0.5, 0.6) is 0 Å². The Bertz CT molecular complexity index is 1170. The van der Waals surface area contributed by atoms with Gasteiger partial charge in [-0.15, -0.1) is 0 Å². The van der Waals surface area contributed by atoms with E-state index in [1.807, 2.05) is 6.92 Å². The van der Waals surface area contributed by atoms with Crippen LogP contribution in [0.2, 0.25) is 5.02 Å². The number of carbonyl (C=O) groups excluding carboxylic acids is 2. The largest absolute Gasteiger partial charge is 0.464 e. The van der Waals surface area contributed by atoms with Gasteiger partial charge in [-0.2, -0.15) is 15.0 Å². The number of rotatable bonds is 4. The van der Waals surface area contributed by atoms with Crippen LogP contribution < -0.4 is 5.06 Å². The fourth-order valence-electron chi connectivity index (χ4n) is 3.52. The summed E-state index contributed by atoms with van der Waals surface area (Å²) in [7, 11) is 1.29. The molecule has 3 heterocycles. The lowest BCUT2D eigenvalue weighted by Crippen LogP contribution is -2.37. The van der Waals surface area contributed by atoms with Gasteiger partial charge in [-0.1, -0.05) is 11.6 Å². The maximum Gasteiger partial charge on any atom is 0.356 e. The normalized spacial score (nSPS) is 16.4. The number of benzene rings is 1. The van der Waals surface area contributed by atoms with Crippen molar-refractivity contribution >= 4 is 29.3 Å². The Kier molecular flexibility index (Phi) is 6.52. The third kappa shape index (κ3) is 4.94. The van der Waals surface area contributed by atoms with Gasteiger partial charge in [-0.3, -0.25) is 9.63 Å². The predicted molar refractivity (Wildman–Crippen MR) is 118 cm³/mol. The molecule has 1 saturated heterocycles. The van der Waals surface area contributed by atoms with Crippen LogP contribution in [0.1, 0.15) is 33.6 Å². The van der Waals surface area contributed by atoms with Crippen LogP contribution in [0.3, 0.4) is 0 Å². The number of amides is 1. The average molecular weight is 472 g/mol. The standard InChI is InChI=1S/C21H22ClN7O4/c1-13-12-27(20(30)16-10-15(22)4-5-18(16)29-23-6-7-24-29)8-9-28(33-13)19-11-17(21(31)32-3)25-14(2)26-19/h4-7,10-11,13H,8-9,12H2,1-3H3/t13-/m0/s1. The lowest BCUT2D eigenvalue weighted by molar-refractivity contribution is 0.0421. The molecule has 4 rings (SSSR count). The molecule has 172 valence electrons. The molecule has 12 heteroatoms. The molecule has 3 aromatic rings. The minimum Gasteiger partial charge on any atom is -0.464 e. The van der Waals surface area contributed by atoms with E-state index in [-0.39, 0.29) is 17.7 Å². The summed E-state index contributed by atoms with van der Waals surface area (Å²) < 4.78 is 4.76. The summed E-state index contributed by atoms with van der Waals surface area (Å²) in [6, 6.07) is 6.50. The molecule has 0 aliphatic carbocycles. The smallest absolute Gasteiger partial charge is 0.356 e. The second-order valence-corrected chi connectivity index (χ2v) is 7.84. The van der Waals surface area contributed by atoms with Crippen LogP contribution in [-0.4, -0.2) is 74.6 Å². The first-order valence-electron chi connectivity index (χ1n) is 10.2. The highest BCUT2D eigenvalue weighted by Gasteiger charge is 2.28. The molecular weight excluding hydrogens is 450 g/mol. The number of hydroxylamine groups is 1. The first-order chi connectivity index (χ1) is 15.9. The van der Waals surface area contributed by atoms with Gasteiger partial charge in [0.15, 0.2) is 11.5 Å². The molecule has 1 aliphatic rings. The van der Waals surface area contributed by atoms with Gasteiger partial charge in [-0.25, -0.2) is 19.8 Å². The van der Waals surface area contributed by atoms with Crippen LogP contribution in [0.15, 0.2) is 36.7 Å². The second-order valence-electron chi connectivity index (χ2n) is 7.40. The predicted octanol–water partition coefficient (Wildman–Crippen LogP) is 2.09.